The maximum absolute atomic E-state index is 13.4. The number of benzene rings is 2. The van der Waals surface area contributed by atoms with Crippen LogP contribution in [0.4, 0.5) is 8.78 Å². The van der Waals surface area contributed by atoms with E-state index in [4.69, 9.17) is 16.3 Å². The molecule has 0 unspecified atom stereocenters. The van der Waals surface area contributed by atoms with Crippen molar-refractivity contribution in [3.8, 4) is 11.8 Å². The normalized spacial score (nSPS) is 23.5. The van der Waals surface area contributed by atoms with Crippen molar-refractivity contribution in [1.29, 1.82) is 5.26 Å². The standard InChI is InChI=1S/C23H21ClF2N2O4S/c24-20-10-16(26)3-6-21(20)33(30,31)18-9-14(12-32-17-4-1-15(25)2-5-17)19(11-18)22(29)28-23(13-27)7-8-23/h1-6,10,14,18-19H,7-9,11-12H2,(H,28,29)/t14-,18+,19+/m0/s1. The van der Waals surface area contributed by atoms with E-state index in [0.717, 1.165) is 18.2 Å². The number of amides is 1. The largest absolute Gasteiger partial charge is 0.493 e. The van der Waals surface area contributed by atoms with Crippen molar-refractivity contribution < 1.29 is 26.7 Å². The molecular formula is C23H21ClF2N2O4S. The second-order valence-corrected chi connectivity index (χ2v) is 11.1. The second-order valence-electron chi connectivity index (χ2n) is 8.53. The highest BCUT2D eigenvalue weighted by molar-refractivity contribution is 7.92. The maximum atomic E-state index is 13.4. The van der Waals surface area contributed by atoms with Gasteiger partial charge in [-0.2, -0.15) is 5.26 Å². The molecule has 1 amide bonds. The predicted octanol–water partition coefficient (Wildman–Crippen LogP) is 4.04. The first-order chi connectivity index (χ1) is 15.6. The van der Waals surface area contributed by atoms with E-state index in [1.807, 2.05) is 0 Å². The number of nitrogens with zero attached hydrogens (tertiary/aromatic N) is 1. The van der Waals surface area contributed by atoms with Crippen molar-refractivity contribution in [2.45, 2.75) is 41.4 Å². The number of halogens is 3. The van der Waals surface area contributed by atoms with Crippen molar-refractivity contribution >= 4 is 27.3 Å². The Morgan fingerprint density at radius 3 is 2.42 bits per heavy atom. The molecule has 2 aliphatic carbocycles. The van der Waals surface area contributed by atoms with E-state index in [9.17, 15) is 27.3 Å². The molecule has 2 aliphatic rings. The van der Waals surface area contributed by atoms with Crippen LogP contribution in [0.25, 0.3) is 0 Å². The number of nitriles is 1. The lowest BCUT2D eigenvalue weighted by Gasteiger charge is -2.21. The van der Waals surface area contributed by atoms with Crippen LogP contribution < -0.4 is 10.1 Å². The van der Waals surface area contributed by atoms with E-state index in [-0.39, 0.29) is 29.4 Å². The predicted molar refractivity (Wildman–Crippen MR) is 116 cm³/mol. The molecule has 2 aromatic carbocycles. The number of sulfone groups is 1. The van der Waals surface area contributed by atoms with Crippen molar-refractivity contribution in [1.82, 2.24) is 5.32 Å². The van der Waals surface area contributed by atoms with Crippen LogP contribution in [-0.4, -0.2) is 31.7 Å². The zero-order valence-corrected chi connectivity index (χ0v) is 19.0. The highest BCUT2D eigenvalue weighted by atomic mass is 35.5. The molecule has 33 heavy (non-hydrogen) atoms. The molecule has 174 valence electrons. The number of ether oxygens (including phenoxy) is 1. The van der Waals surface area contributed by atoms with Crippen molar-refractivity contribution in [2.24, 2.45) is 11.8 Å². The van der Waals surface area contributed by atoms with Gasteiger partial charge in [0.05, 0.1) is 27.8 Å². The Morgan fingerprint density at radius 2 is 1.82 bits per heavy atom. The Morgan fingerprint density at radius 1 is 1.15 bits per heavy atom. The van der Waals surface area contributed by atoms with Crippen molar-refractivity contribution in [3.05, 3.63) is 59.1 Å². The molecule has 0 aliphatic heterocycles. The molecule has 6 nitrogen and oxygen atoms in total. The van der Waals surface area contributed by atoms with Gasteiger partial charge in [0, 0.05) is 11.8 Å². The van der Waals surface area contributed by atoms with E-state index in [2.05, 4.69) is 11.4 Å². The highest BCUT2D eigenvalue weighted by Crippen LogP contribution is 2.42. The van der Waals surface area contributed by atoms with Crippen molar-refractivity contribution in [3.63, 3.8) is 0 Å². The second kappa shape index (κ2) is 8.92. The highest BCUT2D eigenvalue weighted by Gasteiger charge is 2.50. The van der Waals surface area contributed by atoms with Gasteiger partial charge < -0.3 is 10.1 Å². The van der Waals surface area contributed by atoms with Gasteiger partial charge in [-0.25, -0.2) is 17.2 Å². The molecule has 3 atom stereocenters. The number of nitrogens with one attached hydrogen (secondary N) is 1. The quantitative estimate of drug-likeness (QED) is 0.586. The van der Waals surface area contributed by atoms with Crippen LogP contribution in [0.5, 0.6) is 5.75 Å². The third-order valence-electron chi connectivity index (χ3n) is 6.23. The first-order valence-corrected chi connectivity index (χ1v) is 12.4. The Labute approximate surface area is 195 Å². The molecule has 0 radical (unpaired) electrons. The molecule has 2 saturated carbocycles. The summed E-state index contributed by atoms with van der Waals surface area (Å²) in [5, 5.41) is 10.9. The molecule has 10 heteroatoms. The Kier molecular flexibility index (Phi) is 6.34. The zero-order valence-electron chi connectivity index (χ0n) is 17.4. The molecule has 0 aromatic heterocycles. The van der Waals surface area contributed by atoms with Crippen LogP contribution in [0.15, 0.2) is 47.4 Å². The molecule has 2 aromatic rings. The zero-order chi connectivity index (χ0) is 23.8. The summed E-state index contributed by atoms with van der Waals surface area (Å²) in [7, 11) is -3.96. The summed E-state index contributed by atoms with van der Waals surface area (Å²) >= 11 is 6.01. The minimum absolute atomic E-state index is 0.0147. The molecule has 4 rings (SSSR count). The molecule has 0 heterocycles. The Hall–Kier alpha value is -2.70. The van der Waals surface area contributed by atoms with E-state index >= 15 is 0 Å². The third-order valence-corrected chi connectivity index (χ3v) is 8.89. The van der Waals surface area contributed by atoms with Gasteiger partial charge in [0.25, 0.3) is 0 Å². The van der Waals surface area contributed by atoms with E-state index in [1.165, 1.54) is 24.3 Å². The van der Waals surface area contributed by atoms with Gasteiger partial charge >= 0.3 is 0 Å². The minimum Gasteiger partial charge on any atom is -0.493 e. The molecule has 1 N–H and O–H groups in total. The number of carbonyl (C=O) groups is 1. The summed E-state index contributed by atoms with van der Waals surface area (Å²) in [6, 6.07) is 10.5. The smallest absolute Gasteiger partial charge is 0.224 e. The van der Waals surface area contributed by atoms with Crippen LogP contribution in [0.3, 0.4) is 0 Å². The Bertz CT molecular complexity index is 1210. The first kappa shape index (κ1) is 23.5. The van der Waals surface area contributed by atoms with Gasteiger partial charge in [0.1, 0.15) is 22.9 Å². The average Bonchev–Trinajstić information content (AvgIpc) is 3.40. The van der Waals surface area contributed by atoms with Crippen LogP contribution in [-0.2, 0) is 14.6 Å². The lowest BCUT2D eigenvalue weighted by Crippen LogP contribution is -2.41. The van der Waals surface area contributed by atoms with Crippen molar-refractivity contribution in [2.75, 3.05) is 6.61 Å². The van der Waals surface area contributed by atoms with Gasteiger partial charge in [-0.15, -0.1) is 0 Å². The summed E-state index contributed by atoms with van der Waals surface area (Å²) in [4.78, 5) is 12.8. The molecule has 0 spiro atoms. The van der Waals surface area contributed by atoms with Crippen LogP contribution >= 0.6 is 11.6 Å². The maximum Gasteiger partial charge on any atom is 0.224 e. The van der Waals surface area contributed by atoms with Gasteiger partial charge in [0.15, 0.2) is 9.84 Å². The molecule has 2 fully saturated rings. The van der Waals surface area contributed by atoms with Gasteiger partial charge in [0.2, 0.25) is 5.91 Å². The van der Waals surface area contributed by atoms with E-state index in [1.54, 1.807) is 0 Å². The molecule has 0 bridgehead atoms. The molecule has 0 saturated heterocycles. The van der Waals surface area contributed by atoms with Gasteiger partial charge in [-0.05, 0) is 68.1 Å². The Balaban J connectivity index is 1.56. The summed E-state index contributed by atoms with van der Waals surface area (Å²) in [5.74, 6) is -2.27. The van der Waals surface area contributed by atoms with Gasteiger partial charge in [-0.1, -0.05) is 11.6 Å². The summed E-state index contributed by atoms with van der Waals surface area (Å²) in [5.41, 5.74) is -0.892. The monoisotopic (exact) mass is 494 g/mol. The minimum atomic E-state index is -3.96. The van der Waals surface area contributed by atoms with Crippen LogP contribution in [0, 0.1) is 34.8 Å². The topological polar surface area (TPSA) is 96.3 Å². The van der Waals surface area contributed by atoms with E-state index < -0.39 is 50.0 Å². The number of rotatable bonds is 7. The average molecular weight is 495 g/mol. The fraction of sp³-hybridized carbons (Fsp3) is 0.391. The lowest BCUT2D eigenvalue weighted by molar-refractivity contribution is -0.127. The lowest BCUT2D eigenvalue weighted by atomic mass is 9.95. The fourth-order valence-corrected chi connectivity index (χ4v) is 6.57. The SMILES string of the molecule is N#CC1(NC(=O)[C@@H]2C[C@H](S(=O)(=O)c3ccc(F)cc3Cl)C[C@H]2COc2ccc(F)cc2)CC1. The number of hydrogen-bond donors (Lipinski definition) is 1. The number of carbonyl (C=O) groups excluding carboxylic acids is 1. The van der Waals surface area contributed by atoms with E-state index in [0.29, 0.717) is 18.6 Å². The first-order valence-electron chi connectivity index (χ1n) is 10.4. The third kappa shape index (κ3) is 4.97. The summed E-state index contributed by atoms with van der Waals surface area (Å²) < 4.78 is 58.9. The number of hydrogen-bond acceptors (Lipinski definition) is 5. The van der Waals surface area contributed by atoms with Crippen LogP contribution in [0.2, 0.25) is 5.02 Å². The van der Waals surface area contributed by atoms with Crippen LogP contribution in [0.1, 0.15) is 25.7 Å². The summed E-state index contributed by atoms with van der Waals surface area (Å²) in [6.45, 7) is 0.0342. The molecular weight excluding hydrogens is 474 g/mol. The van der Waals surface area contributed by atoms with Gasteiger partial charge in [-0.3, -0.25) is 4.79 Å². The summed E-state index contributed by atoms with van der Waals surface area (Å²) in [6.07, 6.45) is 1.23. The fourth-order valence-electron chi connectivity index (χ4n) is 4.17.